The van der Waals surface area contributed by atoms with Crippen molar-refractivity contribution in [2.24, 2.45) is 0 Å². The normalized spacial score (nSPS) is 11.4. The van der Waals surface area contributed by atoms with E-state index in [4.69, 9.17) is 0 Å². The smallest absolute Gasteiger partial charge is 0.250 e. The number of rotatable bonds is 7. The molecule has 0 saturated carbocycles. The van der Waals surface area contributed by atoms with Gasteiger partial charge in [-0.15, -0.1) is 11.3 Å². The number of anilines is 1. The Bertz CT molecular complexity index is 765. The summed E-state index contributed by atoms with van der Waals surface area (Å²) in [6, 6.07) is 10.8. The van der Waals surface area contributed by atoms with Gasteiger partial charge in [-0.2, -0.15) is 0 Å². The molecule has 0 atom stereocenters. The zero-order chi connectivity index (χ0) is 16.9. The SMILES string of the molecule is CCc1ccc(NC(=O)CNS(=O)(=O)c2ccc(CC)s2)cc1. The molecule has 23 heavy (non-hydrogen) atoms. The molecule has 0 bridgehead atoms. The third-order valence-corrected chi connectivity index (χ3v) is 6.44. The molecule has 1 amide bonds. The standard InChI is InChI=1S/C16H20N2O3S2/c1-3-12-5-7-13(8-6-12)18-15(19)11-17-23(20,21)16-10-9-14(4-2)22-16/h5-10,17H,3-4,11H2,1-2H3,(H,18,19). The molecular weight excluding hydrogens is 332 g/mol. The van der Waals surface area contributed by atoms with Gasteiger partial charge < -0.3 is 5.32 Å². The van der Waals surface area contributed by atoms with E-state index in [1.165, 1.54) is 16.9 Å². The van der Waals surface area contributed by atoms with Gasteiger partial charge in [-0.25, -0.2) is 13.1 Å². The lowest BCUT2D eigenvalue weighted by Gasteiger charge is -2.07. The van der Waals surface area contributed by atoms with Crippen LogP contribution in [0.4, 0.5) is 5.69 Å². The molecule has 0 unspecified atom stereocenters. The van der Waals surface area contributed by atoms with Crippen LogP contribution in [-0.2, 0) is 27.7 Å². The molecule has 2 N–H and O–H groups in total. The Morgan fingerprint density at radius 2 is 1.74 bits per heavy atom. The van der Waals surface area contributed by atoms with Crippen molar-refractivity contribution in [2.45, 2.75) is 30.9 Å². The predicted octanol–water partition coefficient (Wildman–Crippen LogP) is 2.79. The molecule has 0 saturated heterocycles. The zero-order valence-corrected chi connectivity index (χ0v) is 14.8. The summed E-state index contributed by atoms with van der Waals surface area (Å²) in [7, 11) is -3.64. The van der Waals surface area contributed by atoms with E-state index in [0.717, 1.165) is 17.7 Å². The first-order chi connectivity index (χ1) is 10.9. The average molecular weight is 352 g/mol. The van der Waals surface area contributed by atoms with Crippen LogP contribution in [0.1, 0.15) is 24.3 Å². The number of benzene rings is 1. The van der Waals surface area contributed by atoms with Gasteiger partial charge in [-0.3, -0.25) is 4.79 Å². The highest BCUT2D eigenvalue weighted by atomic mass is 32.2. The molecule has 1 aromatic heterocycles. The van der Waals surface area contributed by atoms with E-state index in [2.05, 4.69) is 17.0 Å². The van der Waals surface area contributed by atoms with Crippen molar-refractivity contribution < 1.29 is 13.2 Å². The first-order valence-corrected chi connectivity index (χ1v) is 9.71. The van der Waals surface area contributed by atoms with Gasteiger partial charge in [0.05, 0.1) is 6.54 Å². The highest BCUT2D eigenvalue weighted by molar-refractivity contribution is 7.91. The highest BCUT2D eigenvalue weighted by Gasteiger charge is 2.17. The maximum atomic E-state index is 12.1. The van der Waals surface area contributed by atoms with E-state index in [0.29, 0.717) is 5.69 Å². The molecule has 5 nitrogen and oxygen atoms in total. The molecule has 2 rings (SSSR count). The second-order valence-electron chi connectivity index (χ2n) is 5.00. The van der Waals surface area contributed by atoms with Crippen LogP contribution in [0.2, 0.25) is 0 Å². The fourth-order valence-electron chi connectivity index (χ4n) is 1.95. The van der Waals surface area contributed by atoms with E-state index in [1.807, 2.05) is 19.1 Å². The fourth-order valence-corrected chi connectivity index (χ4v) is 4.28. The second kappa shape index (κ2) is 7.72. The first-order valence-electron chi connectivity index (χ1n) is 7.41. The third-order valence-electron chi connectivity index (χ3n) is 3.32. The molecule has 0 aliphatic rings. The summed E-state index contributed by atoms with van der Waals surface area (Å²) in [6.07, 6.45) is 1.71. The van der Waals surface area contributed by atoms with Gasteiger partial charge in [0.1, 0.15) is 4.21 Å². The molecule has 7 heteroatoms. The Morgan fingerprint density at radius 1 is 1.04 bits per heavy atom. The highest BCUT2D eigenvalue weighted by Crippen LogP contribution is 2.21. The maximum Gasteiger partial charge on any atom is 0.250 e. The average Bonchev–Trinajstić information content (AvgIpc) is 3.04. The third kappa shape index (κ3) is 4.89. The van der Waals surface area contributed by atoms with Gasteiger partial charge in [0.2, 0.25) is 5.91 Å². The summed E-state index contributed by atoms with van der Waals surface area (Å²) in [5, 5.41) is 2.67. The molecule has 124 valence electrons. The van der Waals surface area contributed by atoms with Crippen LogP contribution < -0.4 is 10.0 Å². The Hall–Kier alpha value is -1.70. The number of thiophene rings is 1. The van der Waals surface area contributed by atoms with Crippen molar-refractivity contribution in [2.75, 3.05) is 11.9 Å². The van der Waals surface area contributed by atoms with Crippen LogP contribution in [-0.4, -0.2) is 20.9 Å². The summed E-state index contributed by atoms with van der Waals surface area (Å²) >= 11 is 1.22. The van der Waals surface area contributed by atoms with Crippen LogP contribution in [0.3, 0.4) is 0 Å². The quantitative estimate of drug-likeness (QED) is 0.804. The van der Waals surface area contributed by atoms with Crippen molar-refractivity contribution in [1.29, 1.82) is 0 Å². The molecule has 1 heterocycles. The van der Waals surface area contributed by atoms with Gasteiger partial charge in [-0.05, 0) is 42.7 Å². The zero-order valence-electron chi connectivity index (χ0n) is 13.1. The molecule has 1 aromatic carbocycles. The largest absolute Gasteiger partial charge is 0.325 e. The topological polar surface area (TPSA) is 75.3 Å². The summed E-state index contributed by atoms with van der Waals surface area (Å²) in [5.74, 6) is -0.398. The van der Waals surface area contributed by atoms with Crippen LogP contribution in [0, 0.1) is 0 Å². The maximum absolute atomic E-state index is 12.1. The van der Waals surface area contributed by atoms with Gasteiger partial charge >= 0.3 is 0 Å². The van der Waals surface area contributed by atoms with Crippen LogP contribution in [0.15, 0.2) is 40.6 Å². The Kier molecular flexibility index (Phi) is 5.92. The Labute approximate surface area is 140 Å². The van der Waals surface area contributed by atoms with Crippen LogP contribution in [0.25, 0.3) is 0 Å². The molecule has 0 spiro atoms. The summed E-state index contributed by atoms with van der Waals surface area (Å²) < 4.78 is 26.8. The van der Waals surface area contributed by atoms with Crippen molar-refractivity contribution in [3.8, 4) is 0 Å². The van der Waals surface area contributed by atoms with Crippen molar-refractivity contribution >= 4 is 33.0 Å². The molecule has 0 radical (unpaired) electrons. The van der Waals surface area contributed by atoms with E-state index >= 15 is 0 Å². The number of carbonyl (C=O) groups excluding carboxylic acids is 1. The predicted molar refractivity (Wildman–Crippen MR) is 93.3 cm³/mol. The van der Waals surface area contributed by atoms with Crippen LogP contribution in [0.5, 0.6) is 0 Å². The lowest BCUT2D eigenvalue weighted by Crippen LogP contribution is -2.32. The van der Waals surface area contributed by atoms with E-state index in [-0.39, 0.29) is 10.8 Å². The molecule has 0 fully saturated rings. The Morgan fingerprint density at radius 3 is 2.30 bits per heavy atom. The van der Waals surface area contributed by atoms with Crippen molar-refractivity contribution in [3.05, 3.63) is 46.8 Å². The summed E-state index contributed by atoms with van der Waals surface area (Å²) in [6.45, 7) is 3.72. The fraction of sp³-hybridized carbons (Fsp3) is 0.312. The molecule has 0 aliphatic carbocycles. The minimum atomic E-state index is -3.64. The Balaban J connectivity index is 1.92. The van der Waals surface area contributed by atoms with Crippen molar-refractivity contribution in [1.82, 2.24) is 4.72 Å². The van der Waals surface area contributed by atoms with E-state index in [1.54, 1.807) is 24.3 Å². The minimum absolute atomic E-state index is 0.231. The number of sulfonamides is 1. The summed E-state index contributed by atoms with van der Waals surface area (Å²) in [4.78, 5) is 12.9. The number of aryl methyl sites for hydroxylation is 2. The van der Waals surface area contributed by atoms with Gasteiger partial charge in [-0.1, -0.05) is 26.0 Å². The van der Waals surface area contributed by atoms with E-state index < -0.39 is 15.9 Å². The van der Waals surface area contributed by atoms with Gasteiger partial charge in [0.25, 0.3) is 10.0 Å². The van der Waals surface area contributed by atoms with Gasteiger partial charge in [0.15, 0.2) is 0 Å². The second-order valence-corrected chi connectivity index (χ2v) is 8.16. The van der Waals surface area contributed by atoms with E-state index in [9.17, 15) is 13.2 Å². The van der Waals surface area contributed by atoms with Gasteiger partial charge in [0, 0.05) is 10.6 Å². The minimum Gasteiger partial charge on any atom is -0.325 e. The number of nitrogens with one attached hydrogen (secondary N) is 2. The lowest BCUT2D eigenvalue weighted by molar-refractivity contribution is -0.115. The number of hydrogen-bond acceptors (Lipinski definition) is 4. The molecular formula is C16H20N2O3S2. The lowest BCUT2D eigenvalue weighted by atomic mass is 10.1. The first kappa shape index (κ1) is 17.7. The summed E-state index contributed by atoms with van der Waals surface area (Å²) in [5.41, 5.74) is 1.82. The number of hydrogen-bond donors (Lipinski definition) is 2. The monoisotopic (exact) mass is 352 g/mol. The van der Waals surface area contributed by atoms with Crippen molar-refractivity contribution in [3.63, 3.8) is 0 Å². The number of amides is 1. The molecule has 0 aliphatic heterocycles. The molecule has 2 aromatic rings. The number of carbonyl (C=O) groups is 1. The van der Waals surface area contributed by atoms with Crippen LogP contribution >= 0.6 is 11.3 Å².